The van der Waals surface area contributed by atoms with Gasteiger partial charge in [0.25, 0.3) is 0 Å². The zero-order valence-electron chi connectivity index (χ0n) is 12.4. The lowest BCUT2D eigenvalue weighted by atomic mass is 9.85. The van der Waals surface area contributed by atoms with Crippen molar-refractivity contribution >= 4 is 32.5 Å². The van der Waals surface area contributed by atoms with Crippen molar-refractivity contribution in [2.75, 3.05) is 11.9 Å². The number of hydrogen-bond acceptors (Lipinski definition) is 3. The maximum Gasteiger partial charge on any atom is 0.194 e. The van der Waals surface area contributed by atoms with Crippen molar-refractivity contribution in [3.8, 4) is 17.0 Å². The number of benzene rings is 2. The molecule has 0 spiro atoms. The second-order valence-corrected chi connectivity index (χ2v) is 6.29. The average molecular weight is 368 g/mol. The Morgan fingerprint density at radius 2 is 1.87 bits per heavy atom. The minimum atomic E-state index is 0.0389. The fourth-order valence-corrected chi connectivity index (χ4v) is 3.26. The number of halogens is 1. The zero-order valence-corrected chi connectivity index (χ0v) is 14.0. The molecule has 0 N–H and O–H groups in total. The Hall–Kier alpha value is -2.20. The number of carbonyl (C=O) groups excluding carboxylic acids is 1. The number of rotatable bonds is 4. The molecule has 114 valence electrons. The summed E-state index contributed by atoms with van der Waals surface area (Å²) in [5, 5.41) is 2.81. The van der Waals surface area contributed by atoms with Gasteiger partial charge in [0, 0.05) is 33.6 Å². The first kappa shape index (κ1) is 14.4. The molecule has 23 heavy (non-hydrogen) atoms. The van der Waals surface area contributed by atoms with Gasteiger partial charge in [0.15, 0.2) is 5.78 Å². The van der Waals surface area contributed by atoms with Gasteiger partial charge in [-0.15, -0.1) is 0 Å². The Morgan fingerprint density at radius 3 is 2.70 bits per heavy atom. The highest BCUT2D eigenvalue weighted by atomic mass is 79.9. The van der Waals surface area contributed by atoms with E-state index in [4.69, 9.17) is 4.74 Å². The lowest BCUT2D eigenvalue weighted by Crippen LogP contribution is -2.11. The Labute approximate surface area is 142 Å². The lowest BCUT2D eigenvalue weighted by Gasteiger charge is -2.19. The number of pyridine rings is 1. The van der Waals surface area contributed by atoms with Gasteiger partial charge in [-0.1, -0.05) is 40.2 Å². The average Bonchev–Trinajstić information content (AvgIpc) is 2.59. The Balaban J connectivity index is 1.93. The molecule has 0 fully saturated rings. The summed E-state index contributed by atoms with van der Waals surface area (Å²) in [4.78, 5) is 17.4. The number of carbonyl (C=O) groups is 1. The van der Waals surface area contributed by atoms with Crippen molar-refractivity contribution in [3.63, 3.8) is 0 Å². The van der Waals surface area contributed by atoms with Gasteiger partial charge in [0.05, 0.1) is 12.3 Å². The summed E-state index contributed by atoms with van der Waals surface area (Å²) in [5.74, 6) is 0.773. The molecule has 0 saturated carbocycles. The van der Waals surface area contributed by atoms with Crippen LogP contribution in [0.15, 0.2) is 48.7 Å². The minimum Gasteiger partial charge on any atom is -0.494 e. The molecule has 0 radical (unpaired) electrons. The molecule has 3 aromatic rings. The van der Waals surface area contributed by atoms with Crippen LogP contribution < -0.4 is 4.74 Å². The predicted octanol–water partition coefficient (Wildman–Crippen LogP) is 4.61. The number of aromatic nitrogens is 1. The molecule has 0 saturated heterocycles. The highest BCUT2D eigenvalue weighted by Gasteiger charge is 2.26. The Bertz CT molecular complexity index is 920. The number of alkyl halides is 1. The minimum absolute atomic E-state index is 0.0389. The van der Waals surface area contributed by atoms with Crippen LogP contribution in [-0.2, 0) is 0 Å². The van der Waals surface area contributed by atoms with E-state index in [9.17, 15) is 4.79 Å². The van der Waals surface area contributed by atoms with Crippen LogP contribution in [0.4, 0.5) is 0 Å². The number of fused-ring (bicyclic) bond motifs is 2. The van der Waals surface area contributed by atoms with Gasteiger partial charge in [-0.25, -0.2) is 0 Å². The lowest BCUT2D eigenvalue weighted by molar-refractivity contribution is 0.103. The topological polar surface area (TPSA) is 39.2 Å². The van der Waals surface area contributed by atoms with E-state index in [1.54, 1.807) is 6.20 Å². The third kappa shape index (κ3) is 2.34. The molecule has 1 aliphatic carbocycles. The molecular weight excluding hydrogens is 354 g/mol. The first-order valence-electron chi connectivity index (χ1n) is 7.55. The third-order valence-corrected chi connectivity index (χ3v) is 4.62. The molecule has 1 aromatic heterocycles. The van der Waals surface area contributed by atoms with Gasteiger partial charge in [0.1, 0.15) is 5.75 Å². The van der Waals surface area contributed by atoms with E-state index in [0.717, 1.165) is 39.5 Å². The van der Waals surface area contributed by atoms with E-state index in [1.165, 1.54) is 0 Å². The molecule has 0 aliphatic heterocycles. The van der Waals surface area contributed by atoms with Crippen molar-refractivity contribution in [1.82, 2.24) is 4.98 Å². The van der Waals surface area contributed by atoms with Crippen LogP contribution in [-0.4, -0.2) is 22.7 Å². The molecule has 4 heteroatoms. The largest absolute Gasteiger partial charge is 0.494 e. The number of nitrogens with zero attached hydrogens (tertiary/aromatic N) is 1. The SMILES string of the molecule is O=C1c2ccccc2-c2nccc3cc(OCCCBr)cc1c23. The number of hydrogen-bond donors (Lipinski definition) is 0. The van der Waals surface area contributed by atoms with Crippen LogP contribution in [0.5, 0.6) is 5.75 Å². The predicted molar refractivity (Wildman–Crippen MR) is 94.5 cm³/mol. The van der Waals surface area contributed by atoms with E-state index in [0.29, 0.717) is 17.7 Å². The van der Waals surface area contributed by atoms with Crippen LogP contribution in [0.2, 0.25) is 0 Å². The number of ketones is 1. The van der Waals surface area contributed by atoms with Gasteiger partial charge >= 0.3 is 0 Å². The molecule has 0 amide bonds. The van der Waals surface area contributed by atoms with Gasteiger partial charge < -0.3 is 4.74 Å². The van der Waals surface area contributed by atoms with Crippen molar-refractivity contribution in [2.24, 2.45) is 0 Å². The second kappa shape index (κ2) is 5.78. The smallest absolute Gasteiger partial charge is 0.194 e. The first-order valence-corrected chi connectivity index (χ1v) is 8.67. The molecule has 0 unspecified atom stereocenters. The van der Waals surface area contributed by atoms with Crippen molar-refractivity contribution in [1.29, 1.82) is 0 Å². The Morgan fingerprint density at radius 1 is 1.04 bits per heavy atom. The second-order valence-electron chi connectivity index (χ2n) is 5.49. The third-order valence-electron chi connectivity index (χ3n) is 4.06. The van der Waals surface area contributed by atoms with Crippen molar-refractivity contribution in [3.05, 3.63) is 59.8 Å². The molecule has 3 nitrogen and oxygen atoms in total. The van der Waals surface area contributed by atoms with Crippen LogP contribution in [0.3, 0.4) is 0 Å². The summed E-state index contributed by atoms with van der Waals surface area (Å²) < 4.78 is 5.79. The summed E-state index contributed by atoms with van der Waals surface area (Å²) in [5.41, 5.74) is 3.17. The van der Waals surface area contributed by atoms with Crippen molar-refractivity contribution in [2.45, 2.75) is 6.42 Å². The van der Waals surface area contributed by atoms with E-state index in [2.05, 4.69) is 20.9 Å². The summed E-state index contributed by atoms with van der Waals surface area (Å²) in [6.07, 6.45) is 2.71. The zero-order chi connectivity index (χ0) is 15.8. The maximum atomic E-state index is 12.9. The molecular formula is C19H14BrNO2. The monoisotopic (exact) mass is 367 g/mol. The summed E-state index contributed by atoms with van der Waals surface area (Å²) in [6, 6.07) is 13.4. The molecule has 4 rings (SSSR count). The molecule has 0 atom stereocenters. The van der Waals surface area contributed by atoms with E-state index in [-0.39, 0.29) is 5.78 Å². The fourth-order valence-electron chi connectivity index (χ4n) is 3.03. The van der Waals surface area contributed by atoms with E-state index >= 15 is 0 Å². The summed E-state index contributed by atoms with van der Waals surface area (Å²) in [6.45, 7) is 0.624. The normalized spacial score (nSPS) is 12.3. The van der Waals surface area contributed by atoms with Crippen LogP contribution in [0.25, 0.3) is 22.0 Å². The Kier molecular flexibility index (Phi) is 3.62. The maximum absolute atomic E-state index is 12.9. The first-order chi connectivity index (χ1) is 11.3. The van der Waals surface area contributed by atoms with Gasteiger partial charge in [-0.2, -0.15) is 0 Å². The molecule has 1 heterocycles. The summed E-state index contributed by atoms with van der Waals surface area (Å²) >= 11 is 3.39. The fraction of sp³-hybridized carbons (Fsp3) is 0.158. The molecule has 0 bridgehead atoms. The summed E-state index contributed by atoms with van der Waals surface area (Å²) in [7, 11) is 0. The number of ether oxygens (including phenoxy) is 1. The van der Waals surface area contributed by atoms with Gasteiger partial charge in [0.2, 0.25) is 0 Å². The van der Waals surface area contributed by atoms with Crippen molar-refractivity contribution < 1.29 is 9.53 Å². The van der Waals surface area contributed by atoms with Crippen LogP contribution in [0.1, 0.15) is 22.3 Å². The van der Waals surface area contributed by atoms with E-state index in [1.807, 2.05) is 42.5 Å². The molecule has 1 aliphatic rings. The van der Waals surface area contributed by atoms with Gasteiger partial charge in [-0.05, 0) is 30.0 Å². The molecule has 2 aromatic carbocycles. The van der Waals surface area contributed by atoms with Crippen LogP contribution >= 0.6 is 15.9 Å². The van der Waals surface area contributed by atoms with Crippen LogP contribution in [0, 0.1) is 0 Å². The standard InChI is InChI=1S/C19H14BrNO2/c20-7-3-9-23-13-10-12-6-8-21-18-14-4-1-2-5-15(14)19(22)16(11-13)17(12)18/h1-2,4-6,8,10-11H,3,7,9H2. The van der Waals surface area contributed by atoms with Gasteiger partial charge in [-0.3, -0.25) is 9.78 Å². The quantitative estimate of drug-likeness (QED) is 0.390. The van der Waals surface area contributed by atoms with E-state index < -0.39 is 0 Å². The highest BCUT2D eigenvalue weighted by Crippen LogP contribution is 2.39. The highest BCUT2D eigenvalue weighted by molar-refractivity contribution is 9.09.